The van der Waals surface area contributed by atoms with Gasteiger partial charge < -0.3 is 14.6 Å². The molecule has 0 unspecified atom stereocenters. The van der Waals surface area contributed by atoms with Crippen LogP contribution in [0.3, 0.4) is 0 Å². The van der Waals surface area contributed by atoms with E-state index in [-0.39, 0.29) is 17.6 Å². The summed E-state index contributed by atoms with van der Waals surface area (Å²) in [6, 6.07) is 13.7. The predicted octanol–water partition coefficient (Wildman–Crippen LogP) is 4.82. The summed E-state index contributed by atoms with van der Waals surface area (Å²) < 4.78 is 5.56. The molecule has 0 saturated heterocycles. The highest BCUT2D eigenvalue weighted by atomic mass is 35.5. The van der Waals surface area contributed by atoms with Gasteiger partial charge in [0, 0.05) is 34.7 Å². The Balaban J connectivity index is 1.80. The number of hydrogen-bond acceptors (Lipinski definition) is 3. The molecule has 2 aromatic carbocycles. The summed E-state index contributed by atoms with van der Waals surface area (Å²) in [5, 5.41) is 4.10. The topological polar surface area (TPSA) is 62.6 Å². The van der Waals surface area contributed by atoms with Crippen molar-refractivity contribution in [2.24, 2.45) is 0 Å². The Labute approximate surface area is 156 Å². The average Bonchev–Trinajstić information content (AvgIpc) is 3.06. The van der Waals surface area contributed by atoms with Crippen molar-refractivity contribution in [3.63, 3.8) is 0 Å². The number of anilines is 1. The summed E-state index contributed by atoms with van der Waals surface area (Å²) in [6.07, 6.45) is 0. The second-order valence-corrected chi connectivity index (χ2v) is 6.24. The van der Waals surface area contributed by atoms with E-state index in [1.807, 2.05) is 13.8 Å². The van der Waals surface area contributed by atoms with Crippen molar-refractivity contribution in [3.05, 3.63) is 64.9 Å². The number of fused-ring (bicyclic) bond motifs is 1. The minimum Gasteiger partial charge on any atom is -0.451 e. The molecule has 134 valence electrons. The van der Waals surface area contributed by atoms with Crippen LogP contribution in [0.25, 0.3) is 11.0 Å². The molecule has 2 amide bonds. The molecule has 0 spiro atoms. The largest absolute Gasteiger partial charge is 0.451 e. The van der Waals surface area contributed by atoms with Gasteiger partial charge in [-0.2, -0.15) is 0 Å². The Bertz CT molecular complexity index is 961. The smallest absolute Gasteiger partial charge is 0.291 e. The maximum absolute atomic E-state index is 12.5. The second-order valence-electron chi connectivity index (χ2n) is 5.81. The maximum Gasteiger partial charge on any atom is 0.291 e. The second kappa shape index (κ2) is 7.62. The maximum atomic E-state index is 12.5. The third kappa shape index (κ3) is 3.73. The van der Waals surface area contributed by atoms with Gasteiger partial charge in [0.25, 0.3) is 11.8 Å². The molecule has 0 aliphatic rings. The van der Waals surface area contributed by atoms with E-state index in [9.17, 15) is 9.59 Å². The number of amides is 2. The van der Waals surface area contributed by atoms with Gasteiger partial charge >= 0.3 is 0 Å². The lowest BCUT2D eigenvalue weighted by atomic mass is 10.1. The van der Waals surface area contributed by atoms with E-state index < -0.39 is 0 Å². The molecule has 1 heterocycles. The van der Waals surface area contributed by atoms with Crippen molar-refractivity contribution >= 4 is 40.1 Å². The molecule has 0 aliphatic heterocycles. The number of rotatable bonds is 5. The number of furan rings is 1. The van der Waals surface area contributed by atoms with E-state index in [1.165, 1.54) is 0 Å². The molecule has 0 aliphatic carbocycles. The number of benzene rings is 2. The number of carbonyl (C=O) groups excluding carboxylic acids is 2. The third-order valence-electron chi connectivity index (χ3n) is 4.12. The van der Waals surface area contributed by atoms with Gasteiger partial charge in [0.05, 0.1) is 0 Å². The Morgan fingerprint density at radius 3 is 2.58 bits per heavy atom. The first kappa shape index (κ1) is 18.0. The minimum absolute atomic E-state index is 0.0653. The molecular weight excluding hydrogens is 352 g/mol. The highest BCUT2D eigenvalue weighted by Gasteiger charge is 2.15. The number of carbonyl (C=O) groups is 2. The van der Waals surface area contributed by atoms with Gasteiger partial charge in [0.1, 0.15) is 5.58 Å². The van der Waals surface area contributed by atoms with Crippen LogP contribution in [-0.4, -0.2) is 29.8 Å². The van der Waals surface area contributed by atoms with Gasteiger partial charge in [-0.25, -0.2) is 0 Å². The summed E-state index contributed by atoms with van der Waals surface area (Å²) in [5.74, 6) is -0.267. The number of halogens is 1. The lowest BCUT2D eigenvalue weighted by Gasteiger charge is -2.18. The van der Waals surface area contributed by atoms with Crippen LogP contribution in [0.5, 0.6) is 0 Å². The Kier molecular flexibility index (Phi) is 5.28. The predicted molar refractivity (Wildman–Crippen MR) is 103 cm³/mol. The fourth-order valence-corrected chi connectivity index (χ4v) is 2.92. The van der Waals surface area contributed by atoms with Crippen LogP contribution >= 0.6 is 11.6 Å². The average molecular weight is 371 g/mol. The van der Waals surface area contributed by atoms with Crippen molar-refractivity contribution < 1.29 is 14.0 Å². The van der Waals surface area contributed by atoms with Crippen LogP contribution in [0, 0.1) is 0 Å². The molecule has 1 N–H and O–H groups in total. The zero-order valence-electron chi connectivity index (χ0n) is 14.6. The van der Waals surface area contributed by atoms with Crippen LogP contribution < -0.4 is 5.32 Å². The molecule has 0 atom stereocenters. The summed E-state index contributed by atoms with van der Waals surface area (Å²) in [7, 11) is 0. The summed E-state index contributed by atoms with van der Waals surface area (Å²) >= 11 is 5.96. The van der Waals surface area contributed by atoms with Crippen molar-refractivity contribution in [1.82, 2.24) is 4.90 Å². The van der Waals surface area contributed by atoms with Gasteiger partial charge in [-0.15, -0.1) is 0 Å². The van der Waals surface area contributed by atoms with Crippen molar-refractivity contribution in [2.75, 3.05) is 18.4 Å². The molecule has 6 heteroatoms. The number of hydrogen-bond donors (Lipinski definition) is 1. The highest BCUT2D eigenvalue weighted by molar-refractivity contribution is 6.31. The van der Waals surface area contributed by atoms with Crippen LogP contribution in [-0.2, 0) is 0 Å². The van der Waals surface area contributed by atoms with Gasteiger partial charge in [-0.05, 0) is 56.3 Å². The quantitative estimate of drug-likeness (QED) is 0.700. The van der Waals surface area contributed by atoms with Crippen molar-refractivity contribution in [2.45, 2.75) is 13.8 Å². The van der Waals surface area contributed by atoms with E-state index in [2.05, 4.69) is 5.32 Å². The van der Waals surface area contributed by atoms with Crippen LogP contribution in [0.1, 0.15) is 34.8 Å². The number of nitrogens with one attached hydrogen (secondary N) is 1. The minimum atomic E-state index is -0.384. The zero-order chi connectivity index (χ0) is 18.7. The molecule has 0 saturated carbocycles. The van der Waals surface area contributed by atoms with E-state index in [1.54, 1.807) is 53.4 Å². The van der Waals surface area contributed by atoms with E-state index in [0.29, 0.717) is 34.9 Å². The van der Waals surface area contributed by atoms with Crippen LogP contribution in [0.4, 0.5) is 5.69 Å². The standard InChI is InChI=1S/C20H19ClN2O3/c1-3-23(4-2)20(25)13-6-5-7-16(11-13)22-19(24)18-12-14-10-15(21)8-9-17(14)26-18/h5-12H,3-4H2,1-2H3,(H,22,24). The molecule has 0 radical (unpaired) electrons. The first-order valence-electron chi connectivity index (χ1n) is 8.41. The summed E-state index contributed by atoms with van der Waals surface area (Å²) in [5.41, 5.74) is 1.65. The van der Waals surface area contributed by atoms with Crippen molar-refractivity contribution in [1.29, 1.82) is 0 Å². The molecule has 0 bridgehead atoms. The van der Waals surface area contributed by atoms with Gasteiger partial charge in [-0.1, -0.05) is 17.7 Å². The van der Waals surface area contributed by atoms with Gasteiger partial charge in [-0.3, -0.25) is 9.59 Å². The molecule has 1 aromatic heterocycles. The molecule has 0 fully saturated rings. The summed E-state index contributed by atoms with van der Waals surface area (Å²) in [4.78, 5) is 26.6. The van der Waals surface area contributed by atoms with Crippen LogP contribution in [0.15, 0.2) is 52.9 Å². The lowest BCUT2D eigenvalue weighted by molar-refractivity contribution is 0.0772. The monoisotopic (exact) mass is 370 g/mol. The van der Waals surface area contributed by atoms with E-state index in [0.717, 1.165) is 5.39 Å². The Hall–Kier alpha value is -2.79. The Morgan fingerprint density at radius 2 is 1.85 bits per heavy atom. The first-order valence-corrected chi connectivity index (χ1v) is 8.79. The zero-order valence-corrected chi connectivity index (χ0v) is 15.3. The SMILES string of the molecule is CCN(CC)C(=O)c1cccc(NC(=O)c2cc3cc(Cl)ccc3o2)c1. The fraction of sp³-hybridized carbons (Fsp3) is 0.200. The van der Waals surface area contributed by atoms with E-state index >= 15 is 0 Å². The molecule has 3 rings (SSSR count). The first-order chi connectivity index (χ1) is 12.5. The normalized spacial score (nSPS) is 10.7. The van der Waals surface area contributed by atoms with Gasteiger partial charge in [0.2, 0.25) is 0 Å². The molecular formula is C20H19ClN2O3. The molecule has 3 aromatic rings. The van der Waals surface area contributed by atoms with E-state index in [4.69, 9.17) is 16.0 Å². The molecule has 5 nitrogen and oxygen atoms in total. The highest BCUT2D eigenvalue weighted by Crippen LogP contribution is 2.24. The summed E-state index contributed by atoms with van der Waals surface area (Å²) in [6.45, 7) is 5.13. The number of nitrogens with zero attached hydrogens (tertiary/aromatic N) is 1. The third-order valence-corrected chi connectivity index (χ3v) is 4.36. The van der Waals surface area contributed by atoms with Crippen molar-refractivity contribution in [3.8, 4) is 0 Å². The Morgan fingerprint density at radius 1 is 1.08 bits per heavy atom. The molecule has 26 heavy (non-hydrogen) atoms. The fourth-order valence-electron chi connectivity index (χ4n) is 2.74. The van der Waals surface area contributed by atoms with Crippen LogP contribution in [0.2, 0.25) is 5.02 Å². The van der Waals surface area contributed by atoms with Gasteiger partial charge in [0.15, 0.2) is 5.76 Å². The lowest BCUT2D eigenvalue weighted by Crippen LogP contribution is -2.30.